The highest BCUT2D eigenvalue weighted by Gasteiger charge is 2.04. The molecule has 84 valence electrons. The molecule has 1 aromatic heterocycles. The van der Waals surface area contributed by atoms with Gasteiger partial charge in [-0.05, 0) is 25.1 Å². The molecule has 1 rings (SSSR count). The fourth-order valence-corrected chi connectivity index (χ4v) is 1.91. The molecule has 0 saturated carbocycles. The molecular weight excluding hydrogens is 208 g/mol. The normalized spacial score (nSPS) is 12.7. The molecule has 0 saturated heterocycles. The zero-order valence-corrected chi connectivity index (χ0v) is 9.83. The first kappa shape index (κ1) is 12.5. The van der Waals surface area contributed by atoms with Crippen molar-refractivity contribution < 1.29 is 5.11 Å². The Morgan fingerprint density at radius 2 is 2.40 bits per heavy atom. The molecular formula is C11H18N2OS. The Balaban J connectivity index is 2.14. The summed E-state index contributed by atoms with van der Waals surface area (Å²) >= 11 is 1.59. The zero-order chi connectivity index (χ0) is 10.9. The van der Waals surface area contributed by atoms with Crippen molar-refractivity contribution in [1.82, 2.24) is 10.3 Å². The van der Waals surface area contributed by atoms with E-state index >= 15 is 0 Å². The second-order valence-corrected chi connectivity index (χ2v) is 4.38. The molecule has 4 heteroatoms. The first-order valence-electron chi connectivity index (χ1n) is 5.25. The van der Waals surface area contributed by atoms with Crippen molar-refractivity contribution in [3.63, 3.8) is 0 Å². The molecule has 0 fully saturated rings. The van der Waals surface area contributed by atoms with Crippen molar-refractivity contribution in [1.29, 1.82) is 0 Å². The van der Waals surface area contributed by atoms with E-state index in [4.69, 9.17) is 0 Å². The number of hydrogen-bond donors (Lipinski definition) is 2. The number of nitrogens with one attached hydrogen (secondary N) is 1. The Morgan fingerprint density at radius 1 is 1.53 bits per heavy atom. The maximum Gasteiger partial charge on any atom is 0.0960 e. The molecule has 0 spiro atoms. The van der Waals surface area contributed by atoms with Gasteiger partial charge < -0.3 is 10.4 Å². The molecule has 1 unspecified atom stereocenters. The van der Waals surface area contributed by atoms with Gasteiger partial charge in [0, 0.05) is 18.5 Å². The Morgan fingerprint density at radius 3 is 3.07 bits per heavy atom. The van der Waals surface area contributed by atoms with E-state index in [1.54, 1.807) is 18.0 Å². The second-order valence-electron chi connectivity index (χ2n) is 3.34. The van der Waals surface area contributed by atoms with Crippen LogP contribution in [-0.4, -0.2) is 35.0 Å². The van der Waals surface area contributed by atoms with Crippen molar-refractivity contribution in [3.05, 3.63) is 24.4 Å². The van der Waals surface area contributed by atoms with E-state index in [9.17, 15) is 5.11 Å². The van der Waals surface area contributed by atoms with Gasteiger partial charge >= 0.3 is 0 Å². The summed E-state index contributed by atoms with van der Waals surface area (Å²) in [6.07, 6.45) is 2.56. The van der Waals surface area contributed by atoms with Gasteiger partial charge in [0.1, 0.15) is 0 Å². The van der Waals surface area contributed by atoms with Gasteiger partial charge in [0.05, 0.1) is 11.1 Å². The summed E-state index contributed by atoms with van der Waals surface area (Å²) in [4.78, 5) is 4.18. The minimum absolute atomic E-state index is 0.302. The highest BCUT2D eigenvalue weighted by molar-refractivity contribution is 7.99. The van der Waals surface area contributed by atoms with Crippen LogP contribution >= 0.6 is 11.8 Å². The molecule has 0 aliphatic rings. The fraction of sp³-hybridized carbons (Fsp3) is 0.545. The summed E-state index contributed by atoms with van der Waals surface area (Å²) in [6, 6.07) is 5.80. The van der Waals surface area contributed by atoms with Crippen LogP contribution in [0.3, 0.4) is 0 Å². The largest absolute Gasteiger partial charge is 0.391 e. The Bertz CT molecular complexity index is 256. The number of nitrogens with zero attached hydrogens (tertiary/aromatic N) is 1. The monoisotopic (exact) mass is 226 g/mol. The van der Waals surface area contributed by atoms with Crippen LogP contribution in [0.1, 0.15) is 13.3 Å². The quantitative estimate of drug-likeness (QED) is 0.547. The summed E-state index contributed by atoms with van der Waals surface area (Å²) in [5, 5.41) is 13.8. The molecule has 1 aromatic rings. The third kappa shape index (κ3) is 5.77. The van der Waals surface area contributed by atoms with Crippen molar-refractivity contribution in [2.75, 3.05) is 18.8 Å². The third-order valence-electron chi connectivity index (χ3n) is 1.87. The maximum atomic E-state index is 9.63. The minimum atomic E-state index is -0.302. The average Bonchev–Trinajstić information content (AvgIpc) is 2.28. The molecule has 0 aliphatic heterocycles. The van der Waals surface area contributed by atoms with E-state index in [-0.39, 0.29) is 6.10 Å². The fourth-order valence-electron chi connectivity index (χ4n) is 1.12. The van der Waals surface area contributed by atoms with E-state index in [0.717, 1.165) is 18.0 Å². The van der Waals surface area contributed by atoms with Crippen LogP contribution in [0.2, 0.25) is 0 Å². The lowest BCUT2D eigenvalue weighted by Crippen LogP contribution is -2.28. The molecule has 0 aliphatic carbocycles. The number of rotatable bonds is 7. The number of aromatic nitrogens is 1. The second kappa shape index (κ2) is 7.68. The Hall–Kier alpha value is -0.580. The molecule has 2 N–H and O–H groups in total. The predicted octanol–water partition coefficient (Wildman–Crippen LogP) is 1.53. The van der Waals surface area contributed by atoms with E-state index < -0.39 is 0 Å². The Labute approximate surface area is 95.3 Å². The van der Waals surface area contributed by atoms with Gasteiger partial charge in [0.2, 0.25) is 0 Å². The van der Waals surface area contributed by atoms with Crippen LogP contribution < -0.4 is 5.32 Å². The van der Waals surface area contributed by atoms with Crippen LogP contribution in [0.15, 0.2) is 29.4 Å². The van der Waals surface area contributed by atoms with Crippen LogP contribution in [0.25, 0.3) is 0 Å². The molecule has 0 radical (unpaired) electrons. The zero-order valence-electron chi connectivity index (χ0n) is 9.02. The summed E-state index contributed by atoms with van der Waals surface area (Å²) < 4.78 is 0. The highest BCUT2D eigenvalue weighted by atomic mass is 32.2. The SMILES string of the molecule is CCCNCC(O)CSc1ccccn1. The van der Waals surface area contributed by atoms with E-state index in [0.29, 0.717) is 12.3 Å². The van der Waals surface area contributed by atoms with Crippen LogP contribution in [0, 0.1) is 0 Å². The van der Waals surface area contributed by atoms with Gasteiger partial charge in [-0.3, -0.25) is 0 Å². The first-order chi connectivity index (χ1) is 7.33. The molecule has 1 atom stereocenters. The van der Waals surface area contributed by atoms with Crippen LogP contribution in [-0.2, 0) is 0 Å². The third-order valence-corrected chi connectivity index (χ3v) is 2.96. The topological polar surface area (TPSA) is 45.1 Å². The van der Waals surface area contributed by atoms with Crippen molar-refractivity contribution in [2.24, 2.45) is 0 Å². The molecule has 0 bridgehead atoms. The summed E-state index contributed by atoms with van der Waals surface area (Å²) in [5.41, 5.74) is 0. The first-order valence-corrected chi connectivity index (χ1v) is 6.24. The summed E-state index contributed by atoms with van der Waals surface area (Å²) in [6.45, 7) is 3.74. The lowest BCUT2D eigenvalue weighted by molar-refractivity contribution is 0.196. The maximum absolute atomic E-state index is 9.63. The van der Waals surface area contributed by atoms with Crippen LogP contribution in [0.4, 0.5) is 0 Å². The van der Waals surface area contributed by atoms with Gasteiger partial charge in [-0.1, -0.05) is 13.0 Å². The predicted molar refractivity (Wildman–Crippen MR) is 64.1 cm³/mol. The number of aliphatic hydroxyl groups is 1. The number of aliphatic hydroxyl groups excluding tert-OH is 1. The van der Waals surface area contributed by atoms with Gasteiger partial charge in [0.25, 0.3) is 0 Å². The summed E-state index contributed by atoms with van der Waals surface area (Å²) in [7, 11) is 0. The molecule has 0 amide bonds. The van der Waals surface area contributed by atoms with Crippen LogP contribution in [0.5, 0.6) is 0 Å². The molecule has 3 nitrogen and oxygen atoms in total. The lowest BCUT2D eigenvalue weighted by atomic mass is 10.4. The van der Waals surface area contributed by atoms with E-state index in [2.05, 4.69) is 17.2 Å². The van der Waals surface area contributed by atoms with Crippen molar-refractivity contribution >= 4 is 11.8 Å². The van der Waals surface area contributed by atoms with Crippen molar-refractivity contribution in [3.8, 4) is 0 Å². The highest BCUT2D eigenvalue weighted by Crippen LogP contribution is 2.14. The minimum Gasteiger partial charge on any atom is -0.391 e. The smallest absolute Gasteiger partial charge is 0.0960 e. The number of pyridine rings is 1. The van der Waals surface area contributed by atoms with E-state index in [1.165, 1.54) is 0 Å². The van der Waals surface area contributed by atoms with Gasteiger partial charge in [-0.25, -0.2) is 4.98 Å². The number of hydrogen-bond acceptors (Lipinski definition) is 4. The Kier molecular flexibility index (Phi) is 6.39. The van der Waals surface area contributed by atoms with Crippen molar-refractivity contribution in [2.45, 2.75) is 24.5 Å². The molecule has 0 aromatic carbocycles. The summed E-state index contributed by atoms with van der Waals surface area (Å²) in [5.74, 6) is 0.688. The number of thioether (sulfide) groups is 1. The molecule has 15 heavy (non-hydrogen) atoms. The molecule has 1 heterocycles. The van der Waals surface area contributed by atoms with Gasteiger partial charge in [-0.15, -0.1) is 11.8 Å². The lowest BCUT2D eigenvalue weighted by Gasteiger charge is -2.10. The standard InChI is InChI=1S/C11H18N2OS/c1-2-6-12-8-10(14)9-15-11-5-3-4-7-13-11/h3-5,7,10,12,14H,2,6,8-9H2,1H3. The van der Waals surface area contributed by atoms with Gasteiger partial charge in [-0.2, -0.15) is 0 Å². The van der Waals surface area contributed by atoms with Gasteiger partial charge in [0.15, 0.2) is 0 Å². The van der Waals surface area contributed by atoms with E-state index in [1.807, 2.05) is 18.2 Å². The average molecular weight is 226 g/mol.